The van der Waals surface area contributed by atoms with E-state index in [1.807, 2.05) is 19.1 Å². The Morgan fingerprint density at radius 3 is 2.37 bits per heavy atom. The maximum Gasteiger partial charge on any atom is 0.123 e. The van der Waals surface area contributed by atoms with Gasteiger partial charge in [0.2, 0.25) is 0 Å². The van der Waals surface area contributed by atoms with Crippen LogP contribution in [0.1, 0.15) is 39.7 Å². The Balaban J connectivity index is 2.86. The van der Waals surface area contributed by atoms with Crippen LogP contribution in [0.3, 0.4) is 0 Å². The number of ether oxygens (including phenoxy) is 1. The average Bonchev–Trinajstić information content (AvgIpc) is 2.39. The van der Waals surface area contributed by atoms with Crippen molar-refractivity contribution in [2.45, 2.75) is 45.6 Å². The van der Waals surface area contributed by atoms with E-state index in [0.717, 1.165) is 18.5 Å². The van der Waals surface area contributed by atoms with Gasteiger partial charge in [-0.2, -0.15) is 0 Å². The molecular formula is C16H26FNO. The van der Waals surface area contributed by atoms with Gasteiger partial charge in [-0.3, -0.25) is 0 Å². The fraction of sp³-hybridized carbons (Fsp3) is 0.625. The van der Waals surface area contributed by atoms with E-state index in [4.69, 9.17) is 4.74 Å². The Labute approximate surface area is 116 Å². The Bertz CT molecular complexity index is 354. The lowest BCUT2D eigenvalue weighted by molar-refractivity contribution is 0.0994. The molecule has 19 heavy (non-hydrogen) atoms. The van der Waals surface area contributed by atoms with Crippen LogP contribution in [-0.4, -0.2) is 25.8 Å². The molecule has 1 N–H and O–H groups in total. The van der Waals surface area contributed by atoms with Gasteiger partial charge in [0.05, 0.1) is 6.61 Å². The number of hydrogen-bond donors (Lipinski definition) is 1. The van der Waals surface area contributed by atoms with Crippen molar-refractivity contribution in [3.05, 3.63) is 35.6 Å². The molecule has 0 heterocycles. The molecule has 0 fully saturated rings. The minimum atomic E-state index is -0.192. The predicted octanol–water partition coefficient (Wildman–Crippen LogP) is 3.51. The van der Waals surface area contributed by atoms with E-state index >= 15 is 0 Å². The minimum Gasteiger partial charge on any atom is -0.380 e. The summed E-state index contributed by atoms with van der Waals surface area (Å²) in [6.07, 6.45) is 1.09. The van der Waals surface area contributed by atoms with E-state index in [9.17, 15) is 4.39 Å². The first-order valence-electron chi connectivity index (χ1n) is 7.09. The third-order valence-electron chi connectivity index (χ3n) is 3.59. The van der Waals surface area contributed by atoms with Gasteiger partial charge in [0.25, 0.3) is 0 Å². The van der Waals surface area contributed by atoms with Crippen molar-refractivity contribution in [3.8, 4) is 0 Å². The molecule has 0 spiro atoms. The van der Waals surface area contributed by atoms with Crippen LogP contribution < -0.4 is 5.32 Å². The molecule has 2 nitrogen and oxygen atoms in total. The molecular weight excluding hydrogens is 241 g/mol. The van der Waals surface area contributed by atoms with E-state index in [1.54, 1.807) is 0 Å². The fourth-order valence-corrected chi connectivity index (χ4v) is 2.16. The molecule has 0 aromatic heterocycles. The van der Waals surface area contributed by atoms with Gasteiger partial charge in [-0.05, 0) is 37.6 Å². The van der Waals surface area contributed by atoms with Crippen LogP contribution in [0.2, 0.25) is 0 Å². The van der Waals surface area contributed by atoms with Crippen LogP contribution in [0.25, 0.3) is 0 Å². The Morgan fingerprint density at radius 1 is 1.21 bits per heavy atom. The summed E-state index contributed by atoms with van der Waals surface area (Å²) in [4.78, 5) is 0. The molecule has 3 heteroatoms. The Morgan fingerprint density at radius 2 is 1.84 bits per heavy atom. The van der Waals surface area contributed by atoms with Crippen molar-refractivity contribution in [1.82, 2.24) is 5.32 Å². The van der Waals surface area contributed by atoms with Gasteiger partial charge in [-0.15, -0.1) is 0 Å². The molecule has 0 aliphatic heterocycles. The minimum absolute atomic E-state index is 0.0992. The smallest absolute Gasteiger partial charge is 0.123 e. The number of rotatable bonds is 8. The highest BCUT2D eigenvalue weighted by Crippen LogP contribution is 2.27. The zero-order valence-corrected chi connectivity index (χ0v) is 12.5. The van der Waals surface area contributed by atoms with E-state index in [1.165, 1.54) is 12.1 Å². The molecule has 0 amide bonds. The SMILES string of the molecule is CCCNC(COCC)C(C)(C)c1ccc(F)cc1. The van der Waals surface area contributed by atoms with Crippen molar-refractivity contribution in [1.29, 1.82) is 0 Å². The van der Waals surface area contributed by atoms with Gasteiger partial charge in [-0.25, -0.2) is 4.39 Å². The van der Waals surface area contributed by atoms with Crippen molar-refractivity contribution >= 4 is 0 Å². The van der Waals surface area contributed by atoms with Crippen LogP contribution in [0, 0.1) is 5.82 Å². The molecule has 0 saturated carbocycles. The third kappa shape index (κ3) is 4.59. The second kappa shape index (κ2) is 7.61. The topological polar surface area (TPSA) is 21.3 Å². The van der Waals surface area contributed by atoms with Gasteiger partial charge in [-0.1, -0.05) is 32.9 Å². The zero-order valence-electron chi connectivity index (χ0n) is 12.5. The van der Waals surface area contributed by atoms with Crippen LogP contribution >= 0.6 is 0 Å². The van der Waals surface area contributed by atoms with E-state index in [2.05, 4.69) is 26.1 Å². The van der Waals surface area contributed by atoms with E-state index in [-0.39, 0.29) is 17.3 Å². The molecule has 1 aromatic carbocycles. The Hall–Kier alpha value is -0.930. The van der Waals surface area contributed by atoms with Gasteiger partial charge in [0.1, 0.15) is 5.82 Å². The normalized spacial score (nSPS) is 13.5. The summed E-state index contributed by atoms with van der Waals surface area (Å²) in [6, 6.07) is 6.99. The van der Waals surface area contributed by atoms with Gasteiger partial charge >= 0.3 is 0 Å². The standard InChI is InChI=1S/C16H26FNO/c1-5-11-18-15(12-19-6-2)16(3,4)13-7-9-14(17)10-8-13/h7-10,15,18H,5-6,11-12H2,1-4H3. The number of halogens is 1. The summed E-state index contributed by atoms with van der Waals surface area (Å²) >= 11 is 0. The van der Waals surface area contributed by atoms with Gasteiger partial charge in [0, 0.05) is 18.1 Å². The highest BCUT2D eigenvalue weighted by atomic mass is 19.1. The number of hydrogen-bond acceptors (Lipinski definition) is 2. The lowest BCUT2D eigenvalue weighted by Gasteiger charge is -2.35. The maximum atomic E-state index is 13.0. The lowest BCUT2D eigenvalue weighted by Crippen LogP contribution is -2.48. The van der Waals surface area contributed by atoms with E-state index < -0.39 is 0 Å². The highest BCUT2D eigenvalue weighted by molar-refractivity contribution is 5.26. The first kappa shape index (κ1) is 16.1. The summed E-state index contributed by atoms with van der Waals surface area (Å²) in [5.41, 5.74) is 1.03. The van der Waals surface area contributed by atoms with Crippen LogP contribution in [0.4, 0.5) is 4.39 Å². The first-order chi connectivity index (χ1) is 9.02. The van der Waals surface area contributed by atoms with Crippen molar-refractivity contribution < 1.29 is 9.13 Å². The molecule has 0 aliphatic rings. The summed E-state index contributed by atoms with van der Waals surface area (Å²) in [6.45, 7) is 10.8. The first-order valence-corrected chi connectivity index (χ1v) is 7.09. The quantitative estimate of drug-likeness (QED) is 0.778. The zero-order chi connectivity index (χ0) is 14.3. The number of benzene rings is 1. The largest absolute Gasteiger partial charge is 0.380 e. The molecule has 108 valence electrons. The summed E-state index contributed by atoms with van der Waals surface area (Å²) < 4.78 is 18.6. The second-order valence-corrected chi connectivity index (χ2v) is 5.39. The van der Waals surface area contributed by atoms with Crippen LogP contribution in [0.15, 0.2) is 24.3 Å². The lowest BCUT2D eigenvalue weighted by atomic mass is 9.78. The molecule has 1 rings (SSSR count). The average molecular weight is 267 g/mol. The van der Waals surface area contributed by atoms with Crippen molar-refractivity contribution in [2.24, 2.45) is 0 Å². The van der Waals surface area contributed by atoms with E-state index in [0.29, 0.717) is 13.2 Å². The Kier molecular flexibility index (Phi) is 6.46. The second-order valence-electron chi connectivity index (χ2n) is 5.39. The number of nitrogens with one attached hydrogen (secondary N) is 1. The van der Waals surface area contributed by atoms with Gasteiger partial charge in [0.15, 0.2) is 0 Å². The van der Waals surface area contributed by atoms with Crippen molar-refractivity contribution in [2.75, 3.05) is 19.8 Å². The van der Waals surface area contributed by atoms with Gasteiger partial charge < -0.3 is 10.1 Å². The monoisotopic (exact) mass is 267 g/mol. The summed E-state index contributed by atoms with van der Waals surface area (Å²) in [7, 11) is 0. The predicted molar refractivity (Wildman–Crippen MR) is 78.0 cm³/mol. The molecule has 0 saturated heterocycles. The summed E-state index contributed by atoms with van der Waals surface area (Å²) in [5, 5.41) is 3.54. The molecule has 1 unspecified atom stereocenters. The summed E-state index contributed by atoms with van der Waals surface area (Å²) in [5.74, 6) is -0.192. The maximum absolute atomic E-state index is 13.0. The third-order valence-corrected chi connectivity index (χ3v) is 3.59. The fourth-order valence-electron chi connectivity index (χ4n) is 2.16. The molecule has 1 atom stereocenters. The van der Waals surface area contributed by atoms with Crippen LogP contribution in [0.5, 0.6) is 0 Å². The highest BCUT2D eigenvalue weighted by Gasteiger charge is 2.30. The molecule has 0 radical (unpaired) electrons. The molecule has 1 aromatic rings. The molecule has 0 bridgehead atoms. The van der Waals surface area contributed by atoms with Crippen molar-refractivity contribution in [3.63, 3.8) is 0 Å². The molecule has 0 aliphatic carbocycles. The van der Waals surface area contributed by atoms with Crippen LogP contribution in [-0.2, 0) is 10.2 Å².